The molecule has 1 aromatic rings. The first kappa shape index (κ1) is 15.5. The van der Waals surface area contributed by atoms with Crippen molar-refractivity contribution < 1.29 is 13.5 Å². The highest BCUT2D eigenvalue weighted by atomic mass is 32.2. The number of sulfone groups is 1. The average molecular weight is 319 g/mol. The summed E-state index contributed by atoms with van der Waals surface area (Å²) in [5, 5.41) is 9.72. The third-order valence-electron chi connectivity index (χ3n) is 3.69. The maximum absolute atomic E-state index is 12.2. The fourth-order valence-electron chi connectivity index (χ4n) is 2.59. The molecule has 2 rings (SSSR count). The number of aliphatic hydroxyl groups is 1. The quantitative estimate of drug-likeness (QED) is 0.844. The highest BCUT2D eigenvalue weighted by Gasteiger charge is 2.29. The van der Waals surface area contributed by atoms with Crippen LogP contribution < -0.4 is 10.6 Å². The van der Waals surface area contributed by atoms with Crippen LogP contribution in [0.3, 0.4) is 0 Å². The predicted octanol–water partition coefficient (Wildman–Crippen LogP) is 1.12. The summed E-state index contributed by atoms with van der Waals surface area (Å²) >= 11 is 1.15. The second-order valence-corrected chi connectivity index (χ2v) is 8.04. The van der Waals surface area contributed by atoms with Gasteiger partial charge in [-0.3, -0.25) is 0 Å². The molecule has 0 aromatic carbocycles. The molecule has 20 heavy (non-hydrogen) atoms. The molecule has 0 saturated carbocycles. The lowest BCUT2D eigenvalue weighted by Gasteiger charge is -2.33. The Balaban J connectivity index is 2.29. The van der Waals surface area contributed by atoms with Gasteiger partial charge in [-0.1, -0.05) is 6.92 Å². The van der Waals surface area contributed by atoms with E-state index in [0.29, 0.717) is 10.9 Å². The van der Waals surface area contributed by atoms with Gasteiger partial charge in [-0.15, -0.1) is 0 Å². The molecular formula is C12H21N3O3S2. The second kappa shape index (κ2) is 6.28. The SMILES string of the molecule is CCS(=O)(=O)c1c(N)nsc1N1CCCC(CCO)C1. The van der Waals surface area contributed by atoms with Gasteiger partial charge in [0.1, 0.15) is 9.90 Å². The Hall–Kier alpha value is -0.860. The average Bonchev–Trinajstić information content (AvgIpc) is 2.82. The van der Waals surface area contributed by atoms with Crippen LogP contribution in [0.1, 0.15) is 26.2 Å². The van der Waals surface area contributed by atoms with E-state index in [4.69, 9.17) is 10.8 Å². The van der Waals surface area contributed by atoms with Crippen molar-refractivity contribution in [3.05, 3.63) is 0 Å². The predicted molar refractivity (Wildman–Crippen MR) is 80.9 cm³/mol. The molecule has 0 bridgehead atoms. The zero-order valence-electron chi connectivity index (χ0n) is 11.6. The maximum Gasteiger partial charge on any atom is 0.184 e. The molecule has 1 aliphatic rings. The molecule has 114 valence electrons. The lowest BCUT2D eigenvalue weighted by Crippen LogP contribution is -2.36. The smallest absolute Gasteiger partial charge is 0.184 e. The fourth-order valence-corrected chi connectivity index (χ4v) is 4.93. The van der Waals surface area contributed by atoms with Crippen molar-refractivity contribution in [2.75, 3.05) is 36.1 Å². The van der Waals surface area contributed by atoms with Crippen molar-refractivity contribution in [3.8, 4) is 0 Å². The summed E-state index contributed by atoms with van der Waals surface area (Å²) in [7, 11) is -3.36. The van der Waals surface area contributed by atoms with Crippen molar-refractivity contribution in [3.63, 3.8) is 0 Å². The first-order chi connectivity index (χ1) is 9.49. The monoisotopic (exact) mass is 319 g/mol. The Kier molecular flexibility index (Phi) is 4.87. The number of piperidine rings is 1. The van der Waals surface area contributed by atoms with Crippen LogP contribution >= 0.6 is 11.5 Å². The highest BCUT2D eigenvalue weighted by Crippen LogP contribution is 2.37. The summed E-state index contributed by atoms with van der Waals surface area (Å²) in [6.07, 6.45) is 2.82. The van der Waals surface area contributed by atoms with Crippen molar-refractivity contribution in [1.82, 2.24) is 4.37 Å². The summed E-state index contributed by atoms with van der Waals surface area (Å²) in [5.41, 5.74) is 5.76. The number of nitrogens with two attached hydrogens (primary N) is 1. The van der Waals surface area contributed by atoms with Crippen molar-refractivity contribution in [2.24, 2.45) is 5.92 Å². The fraction of sp³-hybridized carbons (Fsp3) is 0.750. The van der Waals surface area contributed by atoms with E-state index >= 15 is 0 Å². The number of nitrogens with zero attached hydrogens (tertiary/aromatic N) is 2. The number of aromatic nitrogens is 1. The second-order valence-electron chi connectivity index (χ2n) is 5.07. The van der Waals surface area contributed by atoms with Crippen molar-refractivity contribution >= 4 is 32.2 Å². The Morgan fingerprint density at radius 2 is 2.30 bits per heavy atom. The molecule has 1 fully saturated rings. The maximum atomic E-state index is 12.2. The van der Waals surface area contributed by atoms with Crippen LogP contribution in [0, 0.1) is 5.92 Å². The number of hydrogen-bond acceptors (Lipinski definition) is 7. The molecule has 1 aromatic heterocycles. The van der Waals surface area contributed by atoms with E-state index in [0.717, 1.165) is 43.9 Å². The van der Waals surface area contributed by atoms with Gasteiger partial charge in [-0.2, -0.15) is 4.37 Å². The van der Waals surface area contributed by atoms with Crippen LogP contribution in [0.15, 0.2) is 4.90 Å². The topological polar surface area (TPSA) is 96.5 Å². The molecule has 0 radical (unpaired) electrons. The van der Waals surface area contributed by atoms with Crippen LogP contribution in [-0.2, 0) is 9.84 Å². The Morgan fingerprint density at radius 3 is 2.95 bits per heavy atom. The number of rotatable bonds is 5. The standard InChI is InChI=1S/C12H21N3O3S2/c1-2-20(17,18)10-11(13)14-19-12(10)15-6-3-4-9(8-15)5-7-16/h9,16H,2-8H2,1H3,(H2,13,14). The molecule has 1 saturated heterocycles. The van der Waals surface area contributed by atoms with Gasteiger partial charge in [0.05, 0.1) is 5.75 Å². The third-order valence-corrected chi connectivity index (χ3v) is 6.53. The summed E-state index contributed by atoms with van der Waals surface area (Å²) in [5.74, 6) is 0.529. The summed E-state index contributed by atoms with van der Waals surface area (Å²) in [6.45, 7) is 3.36. The van der Waals surface area contributed by atoms with Crippen LogP contribution in [0.25, 0.3) is 0 Å². The van der Waals surface area contributed by atoms with E-state index in [-0.39, 0.29) is 23.1 Å². The summed E-state index contributed by atoms with van der Waals surface area (Å²) < 4.78 is 28.4. The summed E-state index contributed by atoms with van der Waals surface area (Å²) in [6, 6.07) is 0. The van der Waals surface area contributed by atoms with Gasteiger partial charge in [0, 0.05) is 19.7 Å². The number of hydrogen-bond donors (Lipinski definition) is 2. The zero-order chi connectivity index (χ0) is 14.8. The van der Waals surface area contributed by atoms with E-state index in [2.05, 4.69) is 9.27 Å². The van der Waals surface area contributed by atoms with Crippen LogP contribution in [0.2, 0.25) is 0 Å². The molecule has 0 amide bonds. The normalized spacial score (nSPS) is 20.3. The highest BCUT2D eigenvalue weighted by molar-refractivity contribution is 7.91. The Bertz CT molecular complexity index is 554. The molecule has 1 atom stereocenters. The number of nitrogen functional groups attached to an aromatic ring is 1. The minimum Gasteiger partial charge on any atom is -0.396 e. The zero-order valence-corrected chi connectivity index (χ0v) is 13.2. The van der Waals surface area contributed by atoms with E-state index in [1.165, 1.54) is 0 Å². The summed E-state index contributed by atoms with van der Waals surface area (Å²) in [4.78, 5) is 2.25. The first-order valence-corrected chi connectivity index (χ1v) is 9.25. The van der Waals surface area contributed by atoms with Crippen LogP contribution in [-0.4, -0.2) is 43.3 Å². The van der Waals surface area contributed by atoms with E-state index < -0.39 is 9.84 Å². The van der Waals surface area contributed by atoms with Gasteiger partial charge in [0.25, 0.3) is 0 Å². The van der Waals surface area contributed by atoms with E-state index in [1.807, 2.05) is 0 Å². The molecule has 0 spiro atoms. The van der Waals surface area contributed by atoms with Gasteiger partial charge in [0.2, 0.25) is 0 Å². The lowest BCUT2D eigenvalue weighted by molar-refractivity contribution is 0.244. The van der Waals surface area contributed by atoms with Crippen molar-refractivity contribution in [2.45, 2.75) is 31.1 Å². The minimum atomic E-state index is -3.36. The molecule has 6 nitrogen and oxygen atoms in total. The molecular weight excluding hydrogens is 298 g/mol. The van der Waals surface area contributed by atoms with Crippen LogP contribution in [0.4, 0.5) is 10.8 Å². The van der Waals surface area contributed by atoms with Crippen LogP contribution in [0.5, 0.6) is 0 Å². The van der Waals surface area contributed by atoms with Gasteiger partial charge in [0.15, 0.2) is 15.7 Å². The largest absolute Gasteiger partial charge is 0.396 e. The van der Waals surface area contributed by atoms with Gasteiger partial charge in [-0.05, 0) is 36.7 Å². The number of aliphatic hydroxyl groups excluding tert-OH is 1. The van der Waals surface area contributed by atoms with E-state index in [9.17, 15) is 8.42 Å². The van der Waals surface area contributed by atoms with Gasteiger partial charge < -0.3 is 15.7 Å². The molecule has 2 heterocycles. The van der Waals surface area contributed by atoms with E-state index in [1.54, 1.807) is 6.92 Å². The Labute approximate surface area is 123 Å². The first-order valence-electron chi connectivity index (χ1n) is 6.83. The van der Waals surface area contributed by atoms with Gasteiger partial charge >= 0.3 is 0 Å². The molecule has 0 aliphatic carbocycles. The Morgan fingerprint density at radius 1 is 1.55 bits per heavy atom. The van der Waals surface area contributed by atoms with Gasteiger partial charge in [-0.25, -0.2) is 8.42 Å². The minimum absolute atomic E-state index is 0.0243. The molecule has 8 heteroatoms. The van der Waals surface area contributed by atoms with Crippen molar-refractivity contribution in [1.29, 1.82) is 0 Å². The molecule has 1 aliphatic heterocycles. The lowest BCUT2D eigenvalue weighted by atomic mass is 9.95. The molecule has 3 N–H and O–H groups in total. The number of anilines is 2. The third kappa shape index (κ3) is 3.07. The molecule has 1 unspecified atom stereocenters.